The number of nitrogens with zero attached hydrogens (tertiary/aromatic N) is 1. The Hall–Kier alpha value is -5.40. The van der Waals surface area contributed by atoms with Crippen LogP contribution in [0.5, 0.6) is 0 Å². The molecule has 0 N–H and O–H groups in total. The summed E-state index contributed by atoms with van der Waals surface area (Å²) in [4.78, 5) is 1.86. The molecule has 0 aromatic heterocycles. The number of hydrogen-bond acceptors (Lipinski definition) is 1. The lowest BCUT2D eigenvalue weighted by Gasteiger charge is -2.26. The lowest BCUT2D eigenvalue weighted by molar-refractivity contribution is 1.28. The quantitative estimate of drug-likeness (QED) is 0.208. The van der Waals surface area contributed by atoms with Gasteiger partial charge in [-0.25, -0.2) is 0 Å². The third-order valence-electron chi connectivity index (χ3n) is 7.32. The van der Waals surface area contributed by atoms with Gasteiger partial charge in [0.15, 0.2) is 0 Å². The van der Waals surface area contributed by atoms with Gasteiger partial charge in [-0.3, -0.25) is 0 Å². The van der Waals surface area contributed by atoms with Gasteiger partial charge in [-0.1, -0.05) is 127 Å². The summed E-state index contributed by atoms with van der Waals surface area (Å²) in [5, 5.41) is 2.05. The molecule has 0 unspecified atom stereocenters. The predicted octanol–water partition coefficient (Wildman–Crippen LogP) is 11.3. The molecule has 0 saturated heterocycles. The highest BCUT2D eigenvalue weighted by Crippen LogP contribution is 2.38. The number of para-hydroxylation sites is 1. The average molecular weight is 528 g/mol. The van der Waals surface area contributed by atoms with Crippen LogP contribution in [0.3, 0.4) is 0 Å². The second kappa shape index (κ2) is 11.0. The molecule has 0 aliphatic carbocycles. The van der Waals surface area contributed by atoms with E-state index in [0.29, 0.717) is 11.1 Å². The van der Waals surface area contributed by atoms with Crippen LogP contribution in [0.1, 0.15) is 5.48 Å². The molecule has 0 aliphatic rings. The summed E-state index contributed by atoms with van der Waals surface area (Å²) in [7, 11) is 0. The maximum absolute atomic E-state index is 9.42. The van der Waals surface area contributed by atoms with Gasteiger partial charge in [0.1, 0.15) is 0 Å². The molecular weight excluding hydrogens is 494 g/mol. The smallest absolute Gasteiger partial charge is 0.0651 e. The molecule has 41 heavy (non-hydrogen) atoms. The van der Waals surface area contributed by atoms with Crippen LogP contribution in [0.15, 0.2) is 176 Å². The predicted molar refractivity (Wildman–Crippen MR) is 175 cm³/mol. The number of fused-ring (bicyclic) bond motifs is 1. The molecule has 0 fully saturated rings. The zero-order valence-corrected chi connectivity index (χ0v) is 22.4. The first-order chi connectivity index (χ1) is 22.0. The fourth-order valence-corrected chi connectivity index (χ4v) is 5.23. The Balaban J connectivity index is 1.36. The van der Waals surface area contributed by atoms with Crippen LogP contribution in [-0.4, -0.2) is 0 Å². The summed E-state index contributed by atoms with van der Waals surface area (Å²) in [6, 6.07) is 49.8. The van der Waals surface area contributed by atoms with Crippen molar-refractivity contribution in [3.05, 3.63) is 176 Å². The average Bonchev–Trinajstić information content (AvgIpc) is 3.10. The van der Waals surface area contributed by atoms with Crippen LogP contribution in [-0.2, 0) is 0 Å². The molecule has 0 saturated carbocycles. The topological polar surface area (TPSA) is 3.24 Å². The Bertz CT molecular complexity index is 2140. The SMILES string of the molecule is [2H]c1c([2H])c(-c2ccc3ccccc3c2)c([2H])c(N(c2ccccc2)c2ccc(-c3cccc(-c4ccccc4)c3)cc2)c1[2H]. The van der Waals surface area contributed by atoms with Gasteiger partial charge in [-0.15, -0.1) is 0 Å². The highest BCUT2D eigenvalue weighted by Gasteiger charge is 2.14. The van der Waals surface area contributed by atoms with Crippen molar-refractivity contribution in [3.63, 3.8) is 0 Å². The highest BCUT2D eigenvalue weighted by molar-refractivity contribution is 5.88. The fraction of sp³-hybridized carbons (Fsp3) is 0. The molecule has 7 aromatic carbocycles. The van der Waals surface area contributed by atoms with E-state index in [9.17, 15) is 1.37 Å². The lowest BCUT2D eigenvalue weighted by Crippen LogP contribution is -2.09. The van der Waals surface area contributed by atoms with E-state index in [2.05, 4.69) is 36.4 Å². The van der Waals surface area contributed by atoms with Crippen LogP contribution >= 0.6 is 0 Å². The summed E-state index contributed by atoms with van der Waals surface area (Å²) < 4.78 is 36.1. The Morgan fingerprint density at radius 1 is 0.366 bits per heavy atom. The van der Waals surface area contributed by atoms with Crippen molar-refractivity contribution < 1.29 is 5.48 Å². The Morgan fingerprint density at radius 3 is 1.68 bits per heavy atom. The molecule has 1 nitrogen and oxygen atoms in total. The molecule has 0 atom stereocenters. The van der Waals surface area contributed by atoms with Crippen LogP contribution in [0.2, 0.25) is 0 Å². The number of rotatable bonds is 6. The van der Waals surface area contributed by atoms with Gasteiger partial charge in [-0.2, -0.15) is 0 Å². The largest absolute Gasteiger partial charge is 0.310 e. The molecule has 1 heteroatoms. The van der Waals surface area contributed by atoms with Crippen molar-refractivity contribution in [1.82, 2.24) is 0 Å². The Labute approximate surface area is 247 Å². The van der Waals surface area contributed by atoms with E-state index in [1.54, 1.807) is 0 Å². The van der Waals surface area contributed by atoms with Gasteiger partial charge >= 0.3 is 0 Å². The van der Waals surface area contributed by atoms with E-state index < -0.39 is 0 Å². The standard InChI is InChI=1S/C40H29N/c1-3-11-30(12-4-1)34-15-9-16-35(27-34)32-23-25-39(26-24-32)41(38-18-5-2-6-19-38)40-20-10-17-36(29-40)37-22-21-31-13-7-8-14-33(31)28-37/h1-29H/i10D,17D,20D,29D. The molecule has 194 valence electrons. The Morgan fingerprint density at radius 2 is 0.927 bits per heavy atom. The van der Waals surface area contributed by atoms with Gasteiger partial charge in [-0.05, 0) is 92.6 Å². The van der Waals surface area contributed by atoms with Gasteiger partial charge in [0.05, 0.1) is 5.48 Å². The summed E-state index contributed by atoms with van der Waals surface area (Å²) in [5.41, 5.74) is 7.23. The van der Waals surface area contributed by atoms with Gasteiger partial charge < -0.3 is 4.90 Å². The molecule has 0 amide bonds. The van der Waals surface area contributed by atoms with Crippen LogP contribution in [0.25, 0.3) is 44.2 Å². The van der Waals surface area contributed by atoms with E-state index in [-0.39, 0.29) is 29.9 Å². The molecule has 7 aromatic rings. The molecule has 0 radical (unpaired) electrons. The third-order valence-corrected chi connectivity index (χ3v) is 7.32. The van der Waals surface area contributed by atoms with Gasteiger partial charge in [0.25, 0.3) is 0 Å². The third kappa shape index (κ3) is 5.14. The summed E-state index contributed by atoms with van der Waals surface area (Å²) in [6.07, 6.45) is 0. The second-order valence-electron chi connectivity index (χ2n) is 9.95. The maximum atomic E-state index is 9.42. The normalized spacial score (nSPS) is 12.3. The van der Waals surface area contributed by atoms with Crippen molar-refractivity contribution in [1.29, 1.82) is 0 Å². The second-order valence-corrected chi connectivity index (χ2v) is 9.95. The number of hydrogen-bond donors (Lipinski definition) is 0. The van der Waals surface area contributed by atoms with Crippen LogP contribution in [0.4, 0.5) is 17.1 Å². The minimum atomic E-state index is -0.209. The maximum Gasteiger partial charge on any atom is 0.0651 e. The minimum absolute atomic E-state index is 0.0415. The molecule has 0 heterocycles. The van der Waals surface area contributed by atoms with E-state index >= 15 is 0 Å². The minimum Gasteiger partial charge on any atom is -0.310 e. The van der Waals surface area contributed by atoms with Crippen LogP contribution < -0.4 is 4.90 Å². The van der Waals surface area contributed by atoms with Crippen molar-refractivity contribution in [2.75, 3.05) is 4.90 Å². The van der Waals surface area contributed by atoms with E-state index in [1.807, 2.05) is 120 Å². The van der Waals surface area contributed by atoms with Gasteiger partial charge in [0, 0.05) is 17.1 Å². The molecular formula is C40H29N. The fourth-order valence-electron chi connectivity index (χ4n) is 5.23. The van der Waals surface area contributed by atoms with E-state index in [0.717, 1.165) is 44.4 Å². The highest BCUT2D eigenvalue weighted by atomic mass is 15.1. The molecule has 0 aliphatic heterocycles. The summed E-state index contributed by atoms with van der Waals surface area (Å²) in [6.45, 7) is 0. The first-order valence-corrected chi connectivity index (χ1v) is 13.7. The zero-order valence-electron chi connectivity index (χ0n) is 26.4. The Kier molecular flexibility index (Phi) is 5.50. The number of anilines is 3. The molecule has 7 rings (SSSR count). The van der Waals surface area contributed by atoms with Gasteiger partial charge in [0.2, 0.25) is 0 Å². The lowest BCUT2D eigenvalue weighted by atomic mass is 9.98. The van der Waals surface area contributed by atoms with E-state index in [4.69, 9.17) is 4.11 Å². The zero-order chi connectivity index (χ0) is 30.9. The molecule has 0 spiro atoms. The molecule has 0 bridgehead atoms. The van der Waals surface area contributed by atoms with Crippen molar-refractivity contribution >= 4 is 27.8 Å². The van der Waals surface area contributed by atoms with Crippen LogP contribution in [0, 0.1) is 0 Å². The summed E-state index contributed by atoms with van der Waals surface area (Å²) >= 11 is 0. The summed E-state index contributed by atoms with van der Waals surface area (Å²) in [5.74, 6) is 0. The monoisotopic (exact) mass is 527 g/mol. The van der Waals surface area contributed by atoms with Crippen molar-refractivity contribution in [2.24, 2.45) is 0 Å². The van der Waals surface area contributed by atoms with E-state index in [1.165, 1.54) is 0 Å². The van der Waals surface area contributed by atoms with Crippen molar-refractivity contribution in [3.8, 4) is 33.4 Å². The number of benzene rings is 7. The first kappa shape index (κ1) is 20.5. The first-order valence-electron chi connectivity index (χ1n) is 15.7. The van der Waals surface area contributed by atoms with Crippen molar-refractivity contribution in [2.45, 2.75) is 0 Å².